The van der Waals surface area contributed by atoms with Crippen molar-refractivity contribution in [2.24, 2.45) is 0 Å². The van der Waals surface area contributed by atoms with E-state index in [2.05, 4.69) is 55.0 Å². The molecule has 2 heterocycles. The highest BCUT2D eigenvalue weighted by Crippen LogP contribution is 2.31. The van der Waals surface area contributed by atoms with E-state index in [0.717, 1.165) is 33.1 Å². The van der Waals surface area contributed by atoms with Crippen LogP contribution in [0.5, 0.6) is 0 Å². The van der Waals surface area contributed by atoms with Gasteiger partial charge in [0.25, 0.3) is 0 Å². The lowest BCUT2D eigenvalue weighted by atomic mass is 9.86. The molecule has 2 N–H and O–H groups in total. The fraction of sp³-hybridized carbons (Fsp3) is 0.294. The zero-order chi connectivity index (χ0) is 14.5. The van der Waals surface area contributed by atoms with Crippen molar-refractivity contribution in [2.45, 2.75) is 33.1 Å². The Labute approximate surface area is 118 Å². The molecule has 0 spiro atoms. The van der Waals surface area contributed by atoms with E-state index in [1.807, 2.05) is 13.0 Å². The lowest BCUT2D eigenvalue weighted by molar-refractivity contribution is 0.591. The van der Waals surface area contributed by atoms with Crippen LogP contribution < -0.4 is 5.73 Å². The van der Waals surface area contributed by atoms with Crippen molar-refractivity contribution in [1.82, 2.24) is 9.97 Å². The van der Waals surface area contributed by atoms with E-state index in [1.54, 1.807) is 0 Å². The van der Waals surface area contributed by atoms with Crippen molar-refractivity contribution in [3.63, 3.8) is 0 Å². The van der Waals surface area contributed by atoms with E-state index in [4.69, 9.17) is 5.73 Å². The summed E-state index contributed by atoms with van der Waals surface area (Å²) in [5, 5.41) is 2.19. The number of aryl methyl sites for hydroxylation is 1. The number of nitrogens with two attached hydrogens (primary N) is 1. The van der Waals surface area contributed by atoms with Crippen LogP contribution in [0.15, 0.2) is 30.3 Å². The molecule has 0 radical (unpaired) electrons. The number of rotatable bonds is 0. The third-order valence-corrected chi connectivity index (χ3v) is 3.62. The number of anilines is 1. The Morgan fingerprint density at radius 3 is 2.20 bits per heavy atom. The van der Waals surface area contributed by atoms with Crippen LogP contribution in [0, 0.1) is 6.92 Å². The van der Waals surface area contributed by atoms with Crippen molar-refractivity contribution in [1.29, 1.82) is 0 Å². The zero-order valence-corrected chi connectivity index (χ0v) is 12.4. The molecular weight excluding hydrogens is 246 g/mol. The predicted molar refractivity (Wildman–Crippen MR) is 84.9 cm³/mol. The smallest absolute Gasteiger partial charge is 0.127 e. The van der Waals surface area contributed by atoms with E-state index < -0.39 is 0 Å². The first kappa shape index (κ1) is 12.9. The number of fused-ring (bicyclic) bond motifs is 3. The van der Waals surface area contributed by atoms with Crippen molar-refractivity contribution in [3.8, 4) is 0 Å². The van der Waals surface area contributed by atoms with Gasteiger partial charge < -0.3 is 5.73 Å². The van der Waals surface area contributed by atoms with Crippen LogP contribution in [0.1, 0.15) is 32.0 Å². The van der Waals surface area contributed by atoms with Crippen LogP contribution >= 0.6 is 0 Å². The van der Waals surface area contributed by atoms with Gasteiger partial charge in [0.15, 0.2) is 0 Å². The van der Waals surface area contributed by atoms with Gasteiger partial charge in [0.05, 0.1) is 11.0 Å². The van der Waals surface area contributed by atoms with E-state index in [1.165, 1.54) is 0 Å². The molecule has 1 aromatic carbocycles. The van der Waals surface area contributed by atoms with Crippen LogP contribution in [-0.2, 0) is 5.41 Å². The number of aromatic nitrogens is 2. The first-order valence-corrected chi connectivity index (χ1v) is 6.83. The highest BCUT2D eigenvalue weighted by Gasteiger charge is 2.19. The minimum atomic E-state index is -0.0136. The normalized spacial score (nSPS) is 12.2. The van der Waals surface area contributed by atoms with Gasteiger partial charge in [-0.2, -0.15) is 0 Å². The number of hydrogen-bond donors (Lipinski definition) is 1. The van der Waals surface area contributed by atoms with E-state index in [9.17, 15) is 0 Å². The average molecular weight is 265 g/mol. The molecule has 3 nitrogen and oxygen atoms in total. The van der Waals surface area contributed by atoms with E-state index in [-0.39, 0.29) is 5.41 Å². The summed E-state index contributed by atoms with van der Waals surface area (Å²) in [6, 6.07) is 10.4. The molecule has 0 aliphatic heterocycles. The molecule has 0 amide bonds. The maximum absolute atomic E-state index is 6.16. The molecule has 0 fully saturated rings. The van der Waals surface area contributed by atoms with Crippen LogP contribution in [0.4, 0.5) is 5.82 Å². The molecule has 3 aromatic rings. The highest BCUT2D eigenvalue weighted by molar-refractivity contribution is 6.03. The van der Waals surface area contributed by atoms with Crippen LogP contribution in [-0.4, -0.2) is 9.97 Å². The van der Waals surface area contributed by atoms with Crippen LogP contribution in [0.25, 0.3) is 21.8 Å². The van der Waals surface area contributed by atoms with Crippen molar-refractivity contribution in [3.05, 3.63) is 41.6 Å². The molecular formula is C17H19N3. The highest BCUT2D eigenvalue weighted by atomic mass is 14.9. The third kappa shape index (κ3) is 1.99. The largest absolute Gasteiger partial charge is 0.383 e. The molecule has 2 aromatic heterocycles. The van der Waals surface area contributed by atoms with Gasteiger partial charge in [-0.3, -0.25) is 4.98 Å². The number of nitrogens with zero attached hydrogens (tertiary/aromatic N) is 2. The summed E-state index contributed by atoms with van der Waals surface area (Å²) in [6.07, 6.45) is 0. The minimum Gasteiger partial charge on any atom is -0.383 e. The molecule has 0 saturated carbocycles. The fourth-order valence-corrected chi connectivity index (χ4v) is 2.53. The Morgan fingerprint density at radius 2 is 1.50 bits per heavy atom. The summed E-state index contributed by atoms with van der Waals surface area (Å²) >= 11 is 0. The fourth-order valence-electron chi connectivity index (χ4n) is 2.53. The summed E-state index contributed by atoms with van der Waals surface area (Å²) < 4.78 is 0. The van der Waals surface area contributed by atoms with Gasteiger partial charge in [-0.25, -0.2) is 4.98 Å². The second kappa shape index (κ2) is 4.17. The van der Waals surface area contributed by atoms with Gasteiger partial charge in [0, 0.05) is 22.0 Å². The molecule has 0 atom stereocenters. The summed E-state index contributed by atoms with van der Waals surface area (Å²) in [4.78, 5) is 9.25. The summed E-state index contributed by atoms with van der Waals surface area (Å²) in [5.41, 5.74) is 10.0. The van der Waals surface area contributed by atoms with Gasteiger partial charge in [-0.1, -0.05) is 39.0 Å². The molecule has 0 aliphatic rings. The summed E-state index contributed by atoms with van der Waals surface area (Å²) in [7, 11) is 0. The first-order valence-electron chi connectivity index (χ1n) is 6.83. The monoisotopic (exact) mass is 265 g/mol. The molecule has 102 valence electrons. The topological polar surface area (TPSA) is 51.8 Å². The van der Waals surface area contributed by atoms with Gasteiger partial charge in [-0.05, 0) is 24.5 Å². The SMILES string of the molecule is Cc1ccc2ccc3cc(C(C)(C)C)c(N)nc3c2n1. The van der Waals surface area contributed by atoms with Crippen LogP contribution in [0.3, 0.4) is 0 Å². The van der Waals surface area contributed by atoms with Crippen molar-refractivity contribution < 1.29 is 0 Å². The minimum absolute atomic E-state index is 0.0136. The second-order valence-corrected chi connectivity index (χ2v) is 6.33. The first-order chi connectivity index (χ1) is 9.36. The summed E-state index contributed by atoms with van der Waals surface area (Å²) in [6.45, 7) is 8.44. The summed E-state index contributed by atoms with van der Waals surface area (Å²) in [5.74, 6) is 0.598. The van der Waals surface area contributed by atoms with E-state index in [0.29, 0.717) is 5.82 Å². The Kier molecular flexibility index (Phi) is 2.68. The molecule has 0 bridgehead atoms. The number of hydrogen-bond acceptors (Lipinski definition) is 3. The Morgan fingerprint density at radius 1 is 0.900 bits per heavy atom. The van der Waals surface area contributed by atoms with Crippen LogP contribution in [0.2, 0.25) is 0 Å². The maximum Gasteiger partial charge on any atom is 0.127 e. The molecule has 0 saturated heterocycles. The van der Waals surface area contributed by atoms with Gasteiger partial charge in [-0.15, -0.1) is 0 Å². The van der Waals surface area contributed by atoms with E-state index >= 15 is 0 Å². The maximum atomic E-state index is 6.16. The number of pyridine rings is 2. The van der Waals surface area contributed by atoms with Crippen molar-refractivity contribution >= 4 is 27.6 Å². The van der Waals surface area contributed by atoms with Gasteiger partial charge >= 0.3 is 0 Å². The lowest BCUT2D eigenvalue weighted by Crippen LogP contribution is -2.15. The lowest BCUT2D eigenvalue weighted by Gasteiger charge is -2.21. The Balaban J connectivity index is 2.41. The molecule has 20 heavy (non-hydrogen) atoms. The van der Waals surface area contributed by atoms with Crippen molar-refractivity contribution in [2.75, 3.05) is 5.73 Å². The number of nitrogen functional groups attached to an aromatic ring is 1. The standard InChI is InChI=1S/C17H19N3/c1-10-5-6-11-7-8-12-9-13(17(2,3)4)16(18)20-15(12)14(11)19-10/h5-9H,1-4H3,(H2,18,20). The molecule has 3 heteroatoms. The van der Waals surface area contributed by atoms with Gasteiger partial charge in [0.2, 0.25) is 0 Å². The third-order valence-electron chi connectivity index (χ3n) is 3.62. The zero-order valence-electron chi connectivity index (χ0n) is 12.4. The Bertz CT molecular complexity index is 814. The quantitative estimate of drug-likeness (QED) is 0.626. The molecule has 0 aliphatic carbocycles. The molecule has 3 rings (SSSR count). The number of benzene rings is 1. The second-order valence-electron chi connectivity index (χ2n) is 6.33. The molecule has 0 unspecified atom stereocenters. The average Bonchev–Trinajstić information content (AvgIpc) is 2.36. The predicted octanol–water partition coefficient (Wildman–Crippen LogP) is 3.97. The van der Waals surface area contributed by atoms with Gasteiger partial charge in [0.1, 0.15) is 5.82 Å². The Hall–Kier alpha value is -2.16.